The molecule has 1 fully saturated rings. The standard InChI is InChI=1S/C11H13Cl2NS/c1-7-11(2-3-15-7)14-10-5-8(12)4-9(13)6-10/h4-7,11,14H,2-3H2,1H3. The van der Waals surface area contributed by atoms with Gasteiger partial charge in [-0.3, -0.25) is 0 Å². The van der Waals surface area contributed by atoms with Gasteiger partial charge in [0.2, 0.25) is 0 Å². The molecule has 1 aliphatic heterocycles. The fourth-order valence-corrected chi connectivity index (χ4v) is 3.50. The molecule has 0 bridgehead atoms. The van der Waals surface area contributed by atoms with Crippen LogP contribution in [0.15, 0.2) is 18.2 Å². The summed E-state index contributed by atoms with van der Waals surface area (Å²) in [5.41, 5.74) is 1.02. The smallest absolute Gasteiger partial charge is 0.0441 e. The SMILES string of the molecule is CC1SCCC1Nc1cc(Cl)cc(Cl)c1. The van der Waals surface area contributed by atoms with E-state index in [4.69, 9.17) is 23.2 Å². The number of rotatable bonds is 2. The predicted molar refractivity (Wildman–Crippen MR) is 70.4 cm³/mol. The summed E-state index contributed by atoms with van der Waals surface area (Å²) in [6.45, 7) is 2.25. The quantitative estimate of drug-likeness (QED) is 0.852. The average Bonchev–Trinajstić information content (AvgIpc) is 2.50. The van der Waals surface area contributed by atoms with Crippen LogP contribution in [-0.2, 0) is 0 Å². The van der Waals surface area contributed by atoms with Crippen molar-refractivity contribution in [3.05, 3.63) is 28.2 Å². The van der Waals surface area contributed by atoms with Gasteiger partial charge in [-0.1, -0.05) is 30.1 Å². The number of hydrogen-bond donors (Lipinski definition) is 1. The molecule has 2 unspecified atom stereocenters. The van der Waals surface area contributed by atoms with Gasteiger partial charge in [0.15, 0.2) is 0 Å². The average molecular weight is 262 g/mol. The summed E-state index contributed by atoms with van der Waals surface area (Å²) < 4.78 is 0. The van der Waals surface area contributed by atoms with Crippen molar-refractivity contribution in [3.8, 4) is 0 Å². The minimum Gasteiger partial charge on any atom is -0.381 e. The maximum absolute atomic E-state index is 5.94. The van der Waals surface area contributed by atoms with Crippen molar-refractivity contribution >= 4 is 40.7 Å². The molecule has 1 aromatic carbocycles. The highest BCUT2D eigenvalue weighted by molar-refractivity contribution is 8.00. The highest BCUT2D eigenvalue weighted by Crippen LogP contribution is 2.30. The minimum atomic E-state index is 0.532. The highest BCUT2D eigenvalue weighted by Gasteiger charge is 2.23. The molecule has 1 aromatic rings. The van der Waals surface area contributed by atoms with E-state index in [1.165, 1.54) is 12.2 Å². The van der Waals surface area contributed by atoms with Crippen molar-refractivity contribution in [3.63, 3.8) is 0 Å². The molecule has 0 amide bonds. The van der Waals surface area contributed by atoms with Gasteiger partial charge >= 0.3 is 0 Å². The number of thioether (sulfide) groups is 1. The van der Waals surface area contributed by atoms with E-state index in [0.717, 1.165) is 5.69 Å². The van der Waals surface area contributed by atoms with Gasteiger partial charge in [-0.2, -0.15) is 11.8 Å². The molecule has 0 spiro atoms. The van der Waals surface area contributed by atoms with Crippen molar-refractivity contribution < 1.29 is 0 Å². The summed E-state index contributed by atoms with van der Waals surface area (Å²) in [6.07, 6.45) is 1.20. The van der Waals surface area contributed by atoms with Crippen LogP contribution in [0.2, 0.25) is 10.0 Å². The van der Waals surface area contributed by atoms with Crippen molar-refractivity contribution in [1.29, 1.82) is 0 Å². The molecule has 2 rings (SSSR count). The Labute approximate surface area is 105 Å². The maximum atomic E-state index is 5.94. The van der Waals surface area contributed by atoms with E-state index in [0.29, 0.717) is 21.3 Å². The first kappa shape index (κ1) is 11.4. The van der Waals surface area contributed by atoms with Crippen LogP contribution in [0.1, 0.15) is 13.3 Å². The minimum absolute atomic E-state index is 0.532. The van der Waals surface area contributed by atoms with E-state index in [1.807, 2.05) is 23.9 Å². The van der Waals surface area contributed by atoms with Gasteiger partial charge in [-0.25, -0.2) is 0 Å². The van der Waals surface area contributed by atoms with E-state index in [2.05, 4.69) is 12.2 Å². The number of nitrogens with one attached hydrogen (secondary N) is 1. The van der Waals surface area contributed by atoms with Gasteiger partial charge in [0.1, 0.15) is 0 Å². The molecular weight excluding hydrogens is 249 g/mol. The summed E-state index contributed by atoms with van der Waals surface area (Å²) in [6, 6.07) is 6.12. The Morgan fingerprint density at radius 1 is 1.27 bits per heavy atom. The van der Waals surface area contributed by atoms with E-state index in [-0.39, 0.29) is 0 Å². The number of hydrogen-bond acceptors (Lipinski definition) is 2. The summed E-state index contributed by atoms with van der Waals surface area (Å²) in [5, 5.41) is 5.51. The molecule has 1 nitrogen and oxygen atoms in total. The van der Waals surface area contributed by atoms with Crippen molar-refractivity contribution in [1.82, 2.24) is 0 Å². The maximum Gasteiger partial charge on any atom is 0.0441 e. The first-order valence-corrected chi connectivity index (χ1v) is 6.80. The Morgan fingerprint density at radius 3 is 2.47 bits per heavy atom. The summed E-state index contributed by atoms with van der Waals surface area (Å²) >= 11 is 13.9. The molecule has 0 aromatic heterocycles. The third-order valence-corrected chi connectivity index (χ3v) is 4.35. The van der Waals surface area contributed by atoms with E-state index in [1.54, 1.807) is 6.07 Å². The molecule has 1 aliphatic rings. The summed E-state index contributed by atoms with van der Waals surface area (Å²) in [7, 11) is 0. The molecular formula is C11H13Cl2NS. The van der Waals surface area contributed by atoms with Gasteiger partial charge in [0.05, 0.1) is 0 Å². The van der Waals surface area contributed by atoms with Crippen LogP contribution in [0.3, 0.4) is 0 Å². The first-order chi connectivity index (χ1) is 7.15. The van der Waals surface area contributed by atoms with Crippen LogP contribution in [0.4, 0.5) is 5.69 Å². The zero-order valence-corrected chi connectivity index (χ0v) is 10.8. The Balaban J connectivity index is 2.10. The zero-order valence-electron chi connectivity index (χ0n) is 8.47. The number of anilines is 1. The lowest BCUT2D eigenvalue weighted by Gasteiger charge is -2.18. The zero-order chi connectivity index (χ0) is 10.8. The van der Waals surface area contributed by atoms with Crippen LogP contribution >= 0.6 is 35.0 Å². The summed E-state index contributed by atoms with van der Waals surface area (Å²) in [4.78, 5) is 0. The molecule has 0 aliphatic carbocycles. The topological polar surface area (TPSA) is 12.0 Å². The van der Waals surface area contributed by atoms with Crippen LogP contribution < -0.4 is 5.32 Å². The molecule has 4 heteroatoms. The fourth-order valence-electron chi connectivity index (χ4n) is 1.77. The Kier molecular flexibility index (Phi) is 3.70. The molecule has 2 atom stereocenters. The largest absolute Gasteiger partial charge is 0.381 e. The van der Waals surface area contributed by atoms with Crippen molar-refractivity contribution in [2.45, 2.75) is 24.6 Å². The predicted octanol–water partition coefficient (Wildman–Crippen LogP) is 4.30. The monoisotopic (exact) mass is 261 g/mol. The van der Waals surface area contributed by atoms with E-state index >= 15 is 0 Å². The lowest BCUT2D eigenvalue weighted by atomic mass is 10.1. The van der Waals surface area contributed by atoms with Crippen molar-refractivity contribution in [2.24, 2.45) is 0 Å². The third kappa shape index (κ3) is 2.96. The van der Waals surface area contributed by atoms with E-state index in [9.17, 15) is 0 Å². The van der Waals surface area contributed by atoms with Gasteiger partial charge in [0, 0.05) is 27.0 Å². The van der Waals surface area contributed by atoms with Crippen LogP contribution in [0.25, 0.3) is 0 Å². The van der Waals surface area contributed by atoms with Crippen LogP contribution in [0, 0.1) is 0 Å². The third-order valence-electron chi connectivity index (χ3n) is 2.59. The Bertz CT molecular complexity index is 336. The molecule has 82 valence electrons. The fraction of sp³-hybridized carbons (Fsp3) is 0.455. The molecule has 0 radical (unpaired) electrons. The van der Waals surface area contributed by atoms with Gasteiger partial charge in [-0.15, -0.1) is 0 Å². The van der Waals surface area contributed by atoms with Gasteiger partial charge in [0.25, 0.3) is 0 Å². The number of halogens is 2. The second-order valence-corrected chi connectivity index (χ2v) is 6.13. The van der Waals surface area contributed by atoms with Gasteiger partial charge < -0.3 is 5.32 Å². The normalized spacial score (nSPS) is 25.5. The van der Waals surface area contributed by atoms with Crippen molar-refractivity contribution in [2.75, 3.05) is 11.1 Å². The lowest BCUT2D eigenvalue weighted by molar-refractivity contribution is 0.724. The molecule has 1 heterocycles. The summed E-state index contributed by atoms with van der Waals surface area (Å²) in [5.74, 6) is 1.23. The second-order valence-electron chi connectivity index (χ2n) is 3.77. The molecule has 1 saturated heterocycles. The van der Waals surface area contributed by atoms with Crippen LogP contribution in [-0.4, -0.2) is 17.0 Å². The first-order valence-electron chi connectivity index (χ1n) is 4.99. The molecule has 1 N–H and O–H groups in total. The number of benzene rings is 1. The molecule has 15 heavy (non-hydrogen) atoms. The highest BCUT2D eigenvalue weighted by atomic mass is 35.5. The molecule has 0 saturated carbocycles. The van der Waals surface area contributed by atoms with E-state index < -0.39 is 0 Å². The lowest BCUT2D eigenvalue weighted by Crippen LogP contribution is -2.24. The Hall–Kier alpha value is -0.0500. The second kappa shape index (κ2) is 4.86. The van der Waals surface area contributed by atoms with Gasteiger partial charge in [-0.05, 0) is 30.4 Å². The van der Waals surface area contributed by atoms with Crippen LogP contribution in [0.5, 0.6) is 0 Å². The Morgan fingerprint density at radius 2 is 1.93 bits per heavy atom.